The van der Waals surface area contributed by atoms with E-state index in [1.807, 2.05) is 13.8 Å². The van der Waals surface area contributed by atoms with Crippen LogP contribution in [-0.4, -0.2) is 41.1 Å². The predicted octanol–water partition coefficient (Wildman–Crippen LogP) is 3.10. The van der Waals surface area contributed by atoms with Gasteiger partial charge in [-0.05, 0) is 32.1 Å². The van der Waals surface area contributed by atoms with Crippen LogP contribution < -0.4 is 5.32 Å². The molecule has 2 amide bonds. The van der Waals surface area contributed by atoms with Crippen LogP contribution in [0.25, 0.3) is 0 Å². The van der Waals surface area contributed by atoms with E-state index in [4.69, 9.17) is 0 Å². The number of nitrogens with one attached hydrogen (secondary N) is 1. The summed E-state index contributed by atoms with van der Waals surface area (Å²) in [5.41, 5.74) is -0.744. The largest absolute Gasteiger partial charge is 0.481 e. The molecule has 0 spiro atoms. The Labute approximate surface area is 128 Å². The highest BCUT2D eigenvalue weighted by Gasteiger charge is 2.45. The minimum absolute atomic E-state index is 0.120. The Morgan fingerprint density at radius 1 is 1.33 bits per heavy atom. The Morgan fingerprint density at radius 3 is 2.52 bits per heavy atom. The van der Waals surface area contributed by atoms with Gasteiger partial charge >= 0.3 is 12.0 Å². The van der Waals surface area contributed by atoms with Gasteiger partial charge in [-0.1, -0.05) is 33.6 Å². The number of carbonyl (C=O) groups excluding carboxylic acids is 1. The topological polar surface area (TPSA) is 69.6 Å². The van der Waals surface area contributed by atoms with Gasteiger partial charge in [0, 0.05) is 19.1 Å². The van der Waals surface area contributed by atoms with Crippen LogP contribution in [0.3, 0.4) is 0 Å². The maximum Gasteiger partial charge on any atom is 0.317 e. The van der Waals surface area contributed by atoms with E-state index in [2.05, 4.69) is 19.2 Å². The predicted molar refractivity (Wildman–Crippen MR) is 83.2 cm³/mol. The minimum Gasteiger partial charge on any atom is -0.481 e. The van der Waals surface area contributed by atoms with E-state index in [0.717, 1.165) is 19.3 Å². The van der Waals surface area contributed by atoms with Gasteiger partial charge in [0.15, 0.2) is 0 Å². The number of carboxylic acid groups (broad SMARTS) is 1. The highest BCUT2D eigenvalue weighted by molar-refractivity contribution is 5.79. The summed E-state index contributed by atoms with van der Waals surface area (Å²) in [6.45, 7) is 9.19. The number of carbonyl (C=O) groups is 2. The van der Waals surface area contributed by atoms with Gasteiger partial charge in [-0.2, -0.15) is 0 Å². The minimum atomic E-state index is -0.771. The van der Waals surface area contributed by atoms with E-state index in [1.54, 1.807) is 4.90 Å². The summed E-state index contributed by atoms with van der Waals surface area (Å²) in [5.74, 6) is -0.190. The first-order valence-corrected chi connectivity index (χ1v) is 8.13. The van der Waals surface area contributed by atoms with E-state index >= 15 is 0 Å². The summed E-state index contributed by atoms with van der Waals surface area (Å²) in [7, 11) is 0. The Balaban J connectivity index is 2.55. The third-order valence-electron chi connectivity index (χ3n) is 4.65. The molecule has 0 aromatic carbocycles. The van der Waals surface area contributed by atoms with Crippen molar-refractivity contribution in [2.24, 2.45) is 11.3 Å². The molecule has 5 heteroatoms. The maximum atomic E-state index is 12.3. The number of rotatable bonds is 7. The van der Waals surface area contributed by atoms with Gasteiger partial charge < -0.3 is 15.3 Å². The molecule has 3 unspecified atom stereocenters. The smallest absolute Gasteiger partial charge is 0.317 e. The average molecular weight is 298 g/mol. The van der Waals surface area contributed by atoms with Crippen molar-refractivity contribution >= 4 is 12.0 Å². The number of amides is 2. The fourth-order valence-corrected chi connectivity index (χ4v) is 3.14. The van der Waals surface area contributed by atoms with Crippen LogP contribution in [0.1, 0.15) is 59.8 Å². The lowest BCUT2D eigenvalue weighted by Gasteiger charge is -2.26. The Kier molecular flexibility index (Phi) is 6.49. The van der Waals surface area contributed by atoms with Crippen LogP contribution in [0, 0.1) is 11.3 Å². The highest BCUT2D eigenvalue weighted by atomic mass is 16.4. The summed E-state index contributed by atoms with van der Waals surface area (Å²) in [6.07, 6.45) is 4.07. The van der Waals surface area contributed by atoms with Gasteiger partial charge in [0.2, 0.25) is 0 Å². The van der Waals surface area contributed by atoms with Crippen LogP contribution in [0.2, 0.25) is 0 Å². The SMILES string of the molecule is CCCC1(C(=O)O)CCN(C(=O)NC(C)CC(C)CC)C1. The van der Waals surface area contributed by atoms with Crippen molar-refractivity contribution in [2.45, 2.75) is 65.8 Å². The van der Waals surface area contributed by atoms with E-state index in [0.29, 0.717) is 31.8 Å². The normalized spacial score (nSPS) is 24.7. The Morgan fingerprint density at radius 2 is 2.00 bits per heavy atom. The first-order valence-electron chi connectivity index (χ1n) is 8.13. The number of likely N-dealkylation sites (tertiary alicyclic amines) is 1. The van der Waals surface area contributed by atoms with E-state index in [-0.39, 0.29) is 12.1 Å². The molecule has 1 heterocycles. The van der Waals surface area contributed by atoms with Crippen molar-refractivity contribution in [3.63, 3.8) is 0 Å². The van der Waals surface area contributed by atoms with Gasteiger partial charge in [-0.25, -0.2) is 4.79 Å². The molecule has 1 fully saturated rings. The molecule has 0 aromatic rings. The zero-order chi connectivity index (χ0) is 16.0. The molecule has 122 valence electrons. The fraction of sp³-hybridized carbons (Fsp3) is 0.875. The molecule has 1 saturated heterocycles. The maximum absolute atomic E-state index is 12.3. The Bertz CT molecular complexity index is 373. The first-order chi connectivity index (χ1) is 9.84. The third kappa shape index (κ3) is 4.61. The van der Waals surface area contributed by atoms with Crippen molar-refractivity contribution < 1.29 is 14.7 Å². The quantitative estimate of drug-likeness (QED) is 0.759. The molecule has 1 aliphatic heterocycles. The van der Waals surface area contributed by atoms with Crippen LogP contribution in [-0.2, 0) is 4.79 Å². The molecule has 0 bridgehead atoms. The van der Waals surface area contributed by atoms with Gasteiger partial charge in [0.1, 0.15) is 0 Å². The van der Waals surface area contributed by atoms with E-state index in [1.165, 1.54) is 0 Å². The van der Waals surface area contributed by atoms with Gasteiger partial charge in [-0.3, -0.25) is 4.79 Å². The number of nitrogens with zero attached hydrogens (tertiary/aromatic N) is 1. The molecule has 0 aromatic heterocycles. The highest BCUT2D eigenvalue weighted by Crippen LogP contribution is 2.35. The van der Waals surface area contributed by atoms with E-state index in [9.17, 15) is 14.7 Å². The van der Waals surface area contributed by atoms with Crippen LogP contribution >= 0.6 is 0 Å². The number of hydrogen-bond donors (Lipinski definition) is 2. The number of carboxylic acids is 1. The standard InChI is InChI=1S/C16H30N2O3/c1-5-7-16(14(19)20)8-9-18(11-16)15(21)17-13(4)10-12(3)6-2/h12-13H,5-11H2,1-4H3,(H,17,21)(H,19,20). The number of urea groups is 1. The average Bonchev–Trinajstić information content (AvgIpc) is 2.84. The second-order valence-electron chi connectivity index (χ2n) is 6.61. The third-order valence-corrected chi connectivity index (χ3v) is 4.65. The second kappa shape index (κ2) is 7.66. The molecule has 0 saturated carbocycles. The van der Waals surface area contributed by atoms with Crippen molar-refractivity contribution in [1.82, 2.24) is 10.2 Å². The van der Waals surface area contributed by atoms with Crippen molar-refractivity contribution in [1.29, 1.82) is 0 Å². The van der Waals surface area contributed by atoms with Gasteiger partial charge in [0.25, 0.3) is 0 Å². The lowest BCUT2D eigenvalue weighted by atomic mass is 9.83. The summed E-state index contributed by atoms with van der Waals surface area (Å²) in [5, 5.41) is 12.5. The molecular weight excluding hydrogens is 268 g/mol. The molecular formula is C16H30N2O3. The summed E-state index contributed by atoms with van der Waals surface area (Å²) in [4.78, 5) is 25.5. The lowest BCUT2D eigenvalue weighted by Crippen LogP contribution is -2.45. The van der Waals surface area contributed by atoms with Crippen molar-refractivity contribution in [2.75, 3.05) is 13.1 Å². The van der Waals surface area contributed by atoms with Crippen molar-refractivity contribution in [3.05, 3.63) is 0 Å². The molecule has 21 heavy (non-hydrogen) atoms. The molecule has 3 atom stereocenters. The molecule has 1 aliphatic rings. The lowest BCUT2D eigenvalue weighted by molar-refractivity contribution is -0.148. The van der Waals surface area contributed by atoms with Crippen LogP contribution in [0.4, 0.5) is 4.79 Å². The summed E-state index contributed by atoms with van der Waals surface area (Å²) >= 11 is 0. The second-order valence-corrected chi connectivity index (χ2v) is 6.61. The Hall–Kier alpha value is -1.26. The van der Waals surface area contributed by atoms with Crippen LogP contribution in [0.15, 0.2) is 0 Å². The number of aliphatic carboxylic acids is 1. The van der Waals surface area contributed by atoms with Gasteiger partial charge in [-0.15, -0.1) is 0 Å². The monoisotopic (exact) mass is 298 g/mol. The fourth-order valence-electron chi connectivity index (χ4n) is 3.14. The number of hydrogen-bond acceptors (Lipinski definition) is 2. The molecule has 1 rings (SSSR count). The summed E-state index contributed by atoms with van der Waals surface area (Å²) in [6, 6.07) is 0.00323. The molecule has 2 N–H and O–H groups in total. The van der Waals surface area contributed by atoms with Crippen LogP contribution in [0.5, 0.6) is 0 Å². The van der Waals surface area contributed by atoms with E-state index < -0.39 is 11.4 Å². The molecule has 5 nitrogen and oxygen atoms in total. The molecule has 0 aliphatic carbocycles. The summed E-state index contributed by atoms with van der Waals surface area (Å²) < 4.78 is 0. The van der Waals surface area contributed by atoms with Gasteiger partial charge in [0.05, 0.1) is 5.41 Å². The zero-order valence-corrected chi connectivity index (χ0v) is 13.8. The zero-order valence-electron chi connectivity index (χ0n) is 13.8. The van der Waals surface area contributed by atoms with Crippen molar-refractivity contribution in [3.8, 4) is 0 Å². The molecule has 0 radical (unpaired) electrons. The first kappa shape index (κ1) is 17.8.